The molecule has 0 saturated heterocycles. The number of nitrogens with one attached hydrogen (secondary N) is 1. The average Bonchev–Trinajstić information content (AvgIpc) is 2.77. The van der Waals surface area contributed by atoms with E-state index in [1.54, 1.807) is 6.20 Å². The van der Waals surface area contributed by atoms with Crippen LogP contribution in [0.5, 0.6) is 0 Å². The molecule has 0 aliphatic carbocycles. The van der Waals surface area contributed by atoms with E-state index in [2.05, 4.69) is 29.2 Å². The first-order chi connectivity index (χ1) is 9.13. The Morgan fingerprint density at radius 3 is 2.58 bits per heavy atom. The minimum atomic E-state index is 0.178. The van der Waals surface area contributed by atoms with E-state index in [9.17, 15) is 0 Å². The molecule has 1 aromatic carbocycles. The van der Waals surface area contributed by atoms with Gasteiger partial charge in [0.15, 0.2) is 11.1 Å². The van der Waals surface area contributed by atoms with Crippen molar-refractivity contribution >= 4 is 16.9 Å². The molecule has 0 unspecified atom stereocenters. The van der Waals surface area contributed by atoms with E-state index >= 15 is 0 Å². The highest BCUT2D eigenvalue weighted by molar-refractivity contribution is 8.13. The standard InChI is InChI=1S/C14H17N3OS/c1-10-17-9-13(18-10)8-12-4-2-11(3-5-12)6-7-19-14(15)16/h2-5,9H,6-8H2,1H3,(H3,15,16). The number of benzene rings is 1. The van der Waals surface area contributed by atoms with Gasteiger partial charge in [0.25, 0.3) is 0 Å². The molecular weight excluding hydrogens is 258 g/mol. The molecular formula is C14H17N3OS. The zero-order valence-corrected chi connectivity index (χ0v) is 11.7. The second-order valence-corrected chi connectivity index (χ2v) is 5.44. The van der Waals surface area contributed by atoms with Gasteiger partial charge in [-0.05, 0) is 17.5 Å². The number of hydrogen-bond acceptors (Lipinski definition) is 4. The van der Waals surface area contributed by atoms with Crippen molar-refractivity contribution < 1.29 is 4.42 Å². The Bertz CT molecular complexity index is 548. The lowest BCUT2D eigenvalue weighted by Gasteiger charge is -2.03. The first-order valence-corrected chi connectivity index (χ1v) is 7.08. The number of amidine groups is 1. The Kier molecular flexibility index (Phi) is 4.63. The molecule has 3 N–H and O–H groups in total. The molecule has 0 bridgehead atoms. The summed E-state index contributed by atoms with van der Waals surface area (Å²) < 4.78 is 5.46. The van der Waals surface area contributed by atoms with Crippen LogP contribution in [-0.2, 0) is 12.8 Å². The average molecular weight is 275 g/mol. The van der Waals surface area contributed by atoms with Crippen LogP contribution in [0.2, 0.25) is 0 Å². The summed E-state index contributed by atoms with van der Waals surface area (Å²) in [5.74, 6) is 2.43. The molecule has 0 radical (unpaired) electrons. The predicted octanol–water partition coefficient (Wildman–Crippen LogP) is 2.74. The third-order valence-corrected chi connectivity index (χ3v) is 3.44. The molecule has 0 saturated carbocycles. The van der Waals surface area contributed by atoms with E-state index in [0.29, 0.717) is 5.89 Å². The SMILES string of the molecule is Cc1ncc(Cc2ccc(CCSC(=N)N)cc2)o1. The molecule has 0 amide bonds. The Morgan fingerprint density at radius 2 is 2.00 bits per heavy atom. The van der Waals surface area contributed by atoms with Crippen molar-refractivity contribution in [2.45, 2.75) is 19.8 Å². The number of oxazole rings is 1. The second-order valence-electron chi connectivity index (χ2n) is 4.30. The summed E-state index contributed by atoms with van der Waals surface area (Å²) in [4.78, 5) is 4.09. The van der Waals surface area contributed by atoms with E-state index in [-0.39, 0.29) is 5.17 Å². The van der Waals surface area contributed by atoms with Crippen molar-refractivity contribution in [1.82, 2.24) is 4.98 Å². The van der Waals surface area contributed by atoms with Gasteiger partial charge in [-0.25, -0.2) is 4.98 Å². The Labute approximate surface area is 116 Å². The maximum atomic E-state index is 7.15. The van der Waals surface area contributed by atoms with Crippen LogP contribution in [0.15, 0.2) is 34.9 Å². The van der Waals surface area contributed by atoms with Crippen LogP contribution >= 0.6 is 11.8 Å². The summed E-state index contributed by atoms with van der Waals surface area (Å²) >= 11 is 1.37. The molecule has 100 valence electrons. The molecule has 1 heterocycles. The fourth-order valence-corrected chi connectivity index (χ4v) is 2.35. The number of nitrogens with zero attached hydrogens (tertiary/aromatic N) is 1. The van der Waals surface area contributed by atoms with E-state index in [1.165, 1.54) is 22.9 Å². The van der Waals surface area contributed by atoms with Gasteiger partial charge in [-0.1, -0.05) is 36.0 Å². The van der Waals surface area contributed by atoms with Gasteiger partial charge in [0.2, 0.25) is 0 Å². The Hall–Kier alpha value is -1.75. The highest BCUT2D eigenvalue weighted by Gasteiger charge is 2.02. The van der Waals surface area contributed by atoms with Gasteiger partial charge < -0.3 is 10.2 Å². The summed E-state index contributed by atoms with van der Waals surface area (Å²) in [6, 6.07) is 8.43. The minimum Gasteiger partial charge on any atom is -0.446 e. The highest BCUT2D eigenvalue weighted by Crippen LogP contribution is 2.13. The van der Waals surface area contributed by atoms with Crippen molar-refractivity contribution in [2.75, 3.05) is 5.75 Å². The van der Waals surface area contributed by atoms with Gasteiger partial charge in [-0.3, -0.25) is 5.41 Å². The van der Waals surface area contributed by atoms with Gasteiger partial charge in [0.05, 0.1) is 6.20 Å². The lowest BCUT2D eigenvalue weighted by Crippen LogP contribution is -2.05. The summed E-state index contributed by atoms with van der Waals surface area (Å²) in [5.41, 5.74) is 7.76. The zero-order valence-electron chi connectivity index (χ0n) is 10.8. The first-order valence-electron chi connectivity index (χ1n) is 6.09. The van der Waals surface area contributed by atoms with Crippen molar-refractivity contribution in [2.24, 2.45) is 5.73 Å². The number of aryl methyl sites for hydroxylation is 2. The van der Waals surface area contributed by atoms with Gasteiger partial charge in [0.1, 0.15) is 5.76 Å². The van der Waals surface area contributed by atoms with Crippen molar-refractivity contribution in [1.29, 1.82) is 5.41 Å². The maximum absolute atomic E-state index is 7.15. The molecule has 0 fully saturated rings. The second kappa shape index (κ2) is 6.43. The third-order valence-electron chi connectivity index (χ3n) is 2.72. The first kappa shape index (κ1) is 13.7. The van der Waals surface area contributed by atoms with Crippen LogP contribution < -0.4 is 5.73 Å². The number of hydrogen-bond donors (Lipinski definition) is 2. The largest absolute Gasteiger partial charge is 0.446 e. The molecule has 2 rings (SSSR count). The number of rotatable bonds is 5. The van der Waals surface area contributed by atoms with E-state index < -0.39 is 0 Å². The minimum absolute atomic E-state index is 0.178. The van der Waals surface area contributed by atoms with Crippen LogP contribution in [0.25, 0.3) is 0 Å². The predicted molar refractivity (Wildman–Crippen MR) is 78.6 cm³/mol. The van der Waals surface area contributed by atoms with Gasteiger partial charge in [-0.15, -0.1) is 0 Å². The third kappa shape index (κ3) is 4.44. The number of aromatic nitrogens is 1. The van der Waals surface area contributed by atoms with Crippen molar-refractivity contribution in [3.8, 4) is 0 Å². The molecule has 0 atom stereocenters. The monoisotopic (exact) mass is 275 g/mol. The van der Waals surface area contributed by atoms with Crippen molar-refractivity contribution in [3.63, 3.8) is 0 Å². The fraction of sp³-hybridized carbons (Fsp3) is 0.286. The van der Waals surface area contributed by atoms with Crippen LogP contribution in [-0.4, -0.2) is 15.9 Å². The lowest BCUT2D eigenvalue weighted by molar-refractivity contribution is 0.483. The summed E-state index contributed by atoms with van der Waals surface area (Å²) in [5, 5.41) is 7.32. The molecule has 0 spiro atoms. The molecule has 0 aliphatic heterocycles. The smallest absolute Gasteiger partial charge is 0.191 e. The van der Waals surface area contributed by atoms with Gasteiger partial charge in [-0.2, -0.15) is 0 Å². The Morgan fingerprint density at radius 1 is 1.32 bits per heavy atom. The van der Waals surface area contributed by atoms with Crippen LogP contribution in [0.4, 0.5) is 0 Å². The van der Waals surface area contributed by atoms with E-state index in [4.69, 9.17) is 15.6 Å². The zero-order chi connectivity index (χ0) is 13.7. The van der Waals surface area contributed by atoms with Gasteiger partial charge in [0, 0.05) is 19.1 Å². The van der Waals surface area contributed by atoms with Crippen LogP contribution in [0, 0.1) is 12.3 Å². The number of nitrogens with two attached hydrogens (primary N) is 1. The molecule has 1 aromatic heterocycles. The summed E-state index contributed by atoms with van der Waals surface area (Å²) in [6.07, 6.45) is 3.46. The maximum Gasteiger partial charge on any atom is 0.191 e. The molecule has 4 nitrogen and oxygen atoms in total. The summed E-state index contributed by atoms with van der Waals surface area (Å²) in [6.45, 7) is 1.85. The van der Waals surface area contributed by atoms with E-state index in [1.807, 2.05) is 6.92 Å². The molecule has 0 aliphatic rings. The normalized spacial score (nSPS) is 10.6. The molecule has 19 heavy (non-hydrogen) atoms. The highest BCUT2D eigenvalue weighted by atomic mass is 32.2. The molecule has 5 heteroatoms. The topological polar surface area (TPSA) is 75.9 Å². The quantitative estimate of drug-likeness (QED) is 0.650. The number of thioether (sulfide) groups is 1. The van der Waals surface area contributed by atoms with Gasteiger partial charge >= 0.3 is 0 Å². The lowest BCUT2D eigenvalue weighted by atomic mass is 10.1. The van der Waals surface area contributed by atoms with E-state index in [0.717, 1.165) is 24.4 Å². The molecule has 2 aromatic rings. The van der Waals surface area contributed by atoms with Crippen molar-refractivity contribution in [3.05, 3.63) is 53.2 Å². The Balaban J connectivity index is 1.89. The fourth-order valence-electron chi connectivity index (χ4n) is 1.79. The van der Waals surface area contributed by atoms with Crippen LogP contribution in [0.3, 0.4) is 0 Å². The van der Waals surface area contributed by atoms with Crippen LogP contribution in [0.1, 0.15) is 22.8 Å². The summed E-state index contributed by atoms with van der Waals surface area (Å²) in [7, 11) is 0.